The molecule has 2 nitrogen and oxygen atoms in total. The summed E-state index contributed by atoms with van der Waals surface area (Å²) in [4.78, 5) is 8.50. The fourth-order valence-electron chi connectivity index (χ4n) is 1.63. The highest BCUT2D eigenvalue weighted by molar-refractivity contribution is 9.10. The molecular weight excluding hydrogens is 278 g/mol. The average Bonchev–Trinajstić information content (AvgIpc) is 3.04. The first-order chi connectivity index (χ1) is 7.65. The molecule has 0 atom stereocenters. The van der Waals surface area contributed by atoms with E-state index in [2.05, 4.69) is 25.9 Å². The Morgan fingerprint density at radius 3 is 2.50 bits per heavy atom. The third kappa shape index (κ3) is 1.59. The Kier molecular flexibility index (Phi) is 2.17. The van der Waals surface area contributed by atoms with Crippen molar-refractivity contribution in [3.63, 3.8) is 0 Å². The van der Waals surface area contributed by atoms with Crippen LogP contribution in [0.15, 0.2) is 16.7 Å². The molecule has 0 radical (unpaired) electrons. The smallest absolute Gasteiger partial charge is 0.161 e. The minimum absolute atomic E-state index is 0.383. The molecule has 0 saturated heterocycles. The van der Waals surface area contributed by atoms with Crippen LogP contribution in [0.3, 0.4) is 0 Å². The molecule has 1 fully saturated rings. The minimum atomic E-state index is -0.879. The van der Waals surface area contributed by atoms with Crippen molar-refractivity contribution in [2.24, 2.45) is 0 Å². The van der Waals surface area contributed by atoms with Gasteiger partial charge in [-0.2, -0.15) is 0 Å². The first-order valence-electron chi connectivity index (χ1n) is 4.97. The van der Waals surface area contributed by atoms with Crippen molar-refractivity contribution in [2.75, 3.05) is 0 Å². The summed E-state index contributed by atoms with van der Waals surface area (Å²) in [6, 6.07) is 2.23. The van der Waals surface area contributed by atoms with E-state index < -0.39 is 11.6 Å². The van der Waals surface area contributed by atoms with E-state index in [1.807, 2.05) is 0 Å². The van der Waals surface area contributed by atoms with Gasteiger partial charge in [0.25, 0.3) is 0 Å². The van der Waals surface area contributed by atoms with Crippen LogP contribution in [0.5, 0.6) is 0 Å². The van der Waals surface area contributed by atoms with Gasteiger partial charge in [-0.15, -0.1) is 0 Å². The fourth-order valence-corrected chi connectivity index (χ4v) is 2.13. The number of hydrogen-bond donors (Lipinski definition) is 0. The predicted molar refractivity (Wildman–Crippen MR) is 59.1 cm³/mol. The highest BCUT2D eigenvalue weighted by Gasteiger charge is 2.27. The lowest BCUT2D eigenvalue weighted by atomic mass is 10.2. The van der Waals surface area contributed by atoms with Crippen molar-refractivity contribution in [2.45, 2.75) is 18.8 Å². The largest absolute Gasteiger partial charge is 0.232 e. The van der Waals surface area contributed by atoms with E-state index in [0.29, 0.717) is 27.2 Å². The zero-order chi connectivity index (χ0) is 11.3. The van der Waals surface area contributed by atoms with Gasteiger partial charge >= 0.3 is 0 Å². The number of nitrogens with zero attached hydrogens (tertiary/aromatic N) is 2. The molecule has 0 amide bonds. The topological polar surface area (TPSA) is 25.8 Å². The van der Waals surface area contributed by atoms with Crippen LogP contribution in [0.25, 0.3) is 10.9 Å². The van der Waals surface area contributed by atoms with Crippen molar-refractivity contribution >= 4 is 26.8 Å². The average molecular weight is 285 g/mol. The Labute approximate surface area is 98.8 Å². The maximum atomic E-state index is 13.1. The van der Waals surface area contributed by atoms with Gasteiger partial charge in [-0.3, -0.25) is 0 Å². The third-order valence-electron chi connectivity index (χ3n) is 2.65. The Hall–Kier alpha value is -1.10. The lowest BCUT2D eigenvalue weighted by Crippen LogP contribution is -1.96. The molecule has 5 heteroatoms. The number of fused-ring (bicyclic) bond motifs is 1. The number of rotatable bonds is 1. The van der Waals surface area contributed by atoms with Crippen molar-refractivity contribution in [1.82, 2.24) is 9.97 Å². The Balaban J connectivity index is 2.28. The van der Waals surface area contributed by atoms with E-state index in [-0.39, 0.29) is 0 Å². The molecule has 3 rings (SSSR count). The number of hydrogen-bond acceptors (Lipinski definition) is 2. The molecule has 0 aliphatic heterocycles. The highest BCUT2D eigenvalue weighted by atomic mass is 79.9. The monoisotopic (exact) mass is 284 g/mol. The number of halogens is 3. The van der Waals surface area contributed by atoms with Crippen molar-refractivity contribution in [1.29, 1.82) is 0 Å². The minimum Gasteiger partial charge on any atom is -0.232 e. The van der Waals surface area contributed by atoms with Crippen LogP contribution in [0.2, 0.25) is 0 Å². The van der Waals surface area contributed by atoms with E-state index in [1.54, 1.807) is 0 Å². The van der Waals surface area contributed by atoms with Gasteiger partial charge in [0.1, 0.15) is 10.4 Å². The zero-order valence-corrected chi connectivity index (χ0v) is 9.76. The number of benzene rings is 1. The van der Waals surface area contributed by atoms with Gasteiger partial charge < -0.3 is 0 Å². The van der Waals surface area contributed by atoms with Gasteiger partial charge in [0.2, 0.25) is 0 Å². The molecule has 1 aromatic heterocycles. The molecule has 1 aliphatic carbocycles. The van der Waals surface area contributed by atoms with Crippen LogP contribution < -0.4 is 0 Å². The van der Waals surface area contributed by atoms with Crippen LogP contribution in [0.4, 0.5) is 8.78 Å². The third-order valence-corrected chi connectivity index (χ3v) is 3.26. The summed E-state index contributed by atoms with van der Waals surface area (Å²) >= 11 is 3.26. The van der Waals surface area contributed by atoms with Crippen LogP contribution >= 0.6 is 15.9 Å². The highest BCUT2D eigenvalue weighted by Crippen LogP contribution is 2.39. The first-order valence-corrected chi connectivity index (χ1v) is 5.76. The van der Waals surface area contributed by atoms with Crippen LogP contribution in [0, 0.1) is 11.6 Å². The Morgan fingerprint density at radius 1 is 1.12 bits per heavy atom. The summed E-state index contributed by atoms with van der Waals surface area (Å²) in [5.41, 5.74) is 0.447. The molecule has 1 heterocycles. The second kappa shape index (κ2) is 3.45. The molecule has 1 aliphatic rings. The summed E-state index contributed by atoms with van der Waals surface area (Å²) in [6.07, 6.45) is 2.14. The van der Waals surface area contributed by atoms with Gasteiger partial charge in [0.15, 0.2) is 11.6 Å². The first kappa shape index (κ1) is 10.1. The van der Waals surface area contributed by atoms with Crippen molar-refractivity contribution in [3.8, 4) is 0 Å². The maximum Gasteiger partial charge on any atom is 0.161 e. The van der Waals surface area contributed by atoms with Crippen LogP contribution in [-0.4, -0.2) is 9.97 Å². The summed E-state index contributed by atoms with van der Waals surface area (Å²) in [6.45, 7) is 0. The molecule has 0 unspecified atom stereocenters. The van der Waals surface area contributed by atoms with Gasteiger partial charge in [-0.1, -0.05) is 0 Å². The molecule has 82 valence electrons. The zero-order valence-electron chi connectivity index (χ0n) is 8.17. The van der Waals surface area contributed by atoms with Crippen molar-refractivity contribution < 1.29 is 8.78 Å². The summed E-state index contributed by atoms with van der Waals surface area (Å²) in [7, 11) is 0. The second-order valence-electron chi connectivity index (χ2n) is 3.93. The standard InChI is InChI=1S/C11H7BrF2N2/c12-10-6-3-7(13)8(14)4-9(6)15-11(16-10)5-1-2-5/h3-5H,1-2H2. The van der Waals surface area contributed by atoms with Gasteiger partial charge in [-0.25, -0.2) is 18.7 Å². The second-order valence-corrected chi connectivity index (χ2v) is 4.68. The molecule has 0 spiro atoms. The molecule has 0 bridgehead atoms. The maximum absolute atomic E-state index is 13.1. The van der Waals surface area contributed by atoms with Gasteiger partial charge in [-0.05, 0) is 34.8 Å². The van der Waals surface area contributed by atoms with E-state index in [1.165, 1.54) is 0 Å². The summed E-state index contributed by atoms with van der Waals surface area (Å²) in [5, 5.41) is 0.503. The molecule has 16 heavy (non-hydrogen) atoms. The summed E-state index contributed by atoms with van der Waals surface area (Å²) in [5.74, 6) is -0.657. The van der Waals surface area contributed by atoms with Gasteiger partial charge in [0, 0.05) is 17.4 Å². The lowest BCUT2D eigenvalue weighted by molar-refractivity contribution is 0.510. The predicted octanol–water partition coefficient (Wildman–Crippen LogP) is 3.55. The van der Waals surface area contributed by atoms with E-state index >= 15 is 0 Å². The normalized spacial score (nSPS) is 15.7. The quantitative estimate of drug-likeness (QED) is 0.749. The van der Waals surface area contributed by atoms with Gasteiger partial charge in [0.05, 0.1) is 5.52 Å². The Bertz CT molecular complexity index is 582. The molecule has 0 N–H and O–H groups in total. The van der Waals surface area contributed by atoms with Crippen LogP contribution in [-0.2, 0) is 0 Å². The van der Waals surface area contributed by atoms with Crippen molar-refractivity contribution in [3.05, 3.63) is 34.2 Å². The number of aromatic nitrogens is 2. The fraction of sp³-hybridized carbons (Fsp3) is 0.273. The molecule has 2 aromatic rings. The molecule has 1 aromatic carbocycles. The van der Waals surface area contributed by atoms with E-state index in [9.17, 15) is 8.78 Å². The Morgan fingerprint density at radius 2 is 1.81 bits per heavy atom. The molecule has 1 saturated carbocycles. The van der Waals surface area contributed by atoms with E-state index in [4.69, 9.17) is 0 Å². The summed E-state index contributed by atoms with van der Waals surface area (Å²) < 4.78 is 26.7. The SMILES string of the molecule is Fc1cc2nc(C3CC3)nc(Br)c2cc1F. The lowest BCUT2D eigenvalue weighted by Gasteiger charge is -2.04. The molecular formula is C11H7BrF2N2. The van der Waals surface area contributed by atoms with E-state index in [0.717, 1.165) is 25.0 Å². The van der Waals surface area contributed by atoms with Crippen LogP contribution in [0.1, 0.15) is 24.6 Å².